The number of rotatable bonds is 3. The first-order valence-corrected chi connectivity index (χ1v) is 7.48. The number of aryl methyl sites for hydroxylation is 1. The van der Waals surface area contributed by atoms with Gasteiger partial charge in [-0.05, 0) is 24.3 Å². The molecule has 0 spiro atoms. The standard InChI is InChI=1S/C19H16N2O/c1-2-15-11-12-16(22-15)19-18(14-8-4-3-5-9-14)20-17-10-6-7-13-21(17)19/h3-13H,2H2,1H3. The Hall–Kier alpha value is -2.81. The minimum Gasteiger partial charge on any atom is -0.459 e. The Balaban J connectivity index is 2.02. The molecule has 3 heterocycles. The third-order valence-corrected chi connectivity index (χ3v) is 3.82. The topological polar surface area (TPSA) is 30.4 Å². The van der Waals surface area contributed by atoms with Gasteiger partial charge in [-0.2, -0.15) is 0 Å². The molecule has 4 rings (SSSR count). The van der Waals surface area contributed by atoms with Crippen LogP contribution in [0.25, 0.3) is 28.4 Å². The van der Waals surface area contributed by atoms with Crippen molar-refractivity contribution in [3.8, 4) is 22.7 Å². The Labute approximate surface area is 128 Å². The van der Waals surface area contributed by atoms with Crippen LogP contribution in [0.2, 0.25) is 0 Å². The van der Waals surface area contributed by atoms with Crippen LogP contribution in [0.5, 0.6) is 0 Å². The summed E-state index contributed by atoms with van der Waals surface area (Å²) in [6.07, 6.45) is 2.91. The van der Waals surface area contributed by atoms with Gasteiger partial charge < -0.3 is 4.42 Å². The monoisotopic (exact) mass is 288 g/mol. The zero-order chi connectivity index (χ0) is 14.9. The molecule has 0 bridgehead atoms. The molecule has 0 aliphatic heterocycles. The highest BCUT2D eigenvalue weighted by Gasteiger charge is 2.18. The zero-order valence-corrected chi connectivity index (χ0v) is 12.4. The summed E-state index contributed by atoms with van der Waals surface area (Å²) in [5.41, 5.74) is 3.96. The molecule has 0 saturated carbocycles. The minimum absolute atomic E-state index is 0.856. The molecule has 0 atom stereocenters. The van der Waals surface area contributed by atoms with E-state index in [1.165, 1.54) is 0 Å². The second-order valence-electron chi connectivity index (χ2n) is 5.22. The van der Waals surface area contributed by atoms with Crippen molar-refractivity contribution in [3.05, 3.63) is 72.6 Å². The number of hydrogen-bond acceptors (Lipinski definition) is 2. The maximum Gasteiger partial charge on any atom is 0.153 e. The number of fused-ring (bicyclic) bond motifs is 1. The van der Waals surface area contributed by atoms with E-state index in [9.17, 15) is 0 Å². The van der Waals surface area contributed by atoms with Crippen molar-refractivity contribution < 1.29 is 4.42 Å². The fraction of sp³-hybridized carbons (Fsp3) is 0.105. The van der Waals surface area contributed by atoms with Gasteiger partial charge in [-0.3, -0.25) is 4.40 Å². The van der Waals surface area contributed by atoms with Crippen molar-refractivity contribution in [2.24, 2.45) is 0 Å². The summed E-state index contributed by atoms with van der Waals surface area (Å²) >= 11 is 0. The third kappa shape index (κ3) is 2.02. The maximum absolute atomic E-state index is 5.99. The fourth-order valence-electron chi connectivity index (χ4n) is 2.72. The molecule has 0 fully saturated rings. The molecule has 0 N–H and O–H groups in total. The number of pyridine rings is 1. The summed E-state index contributed by atoms with van der Waals surface area (Å²) in [4.78, 5) is 4.80. The molecule has 108 valence electrons. The van der Waals surface area contributed by atoms with Gasteiger partial charge in [0, 0.05) is 18.2 Å². The average Bonchev–Trinajstić information content (AvgIpc) is 3.19. The molecule has 0 saturated heterocycles. The van der Waals surface area contributed by atoms with Gasteiger partial charge >= 0.3 is 0 Å². The lowest BCUT2D eigenvalue weighted by molar-refractivity contribution is 0.527. The summed E-state index contributed by atoms with van der Waals surface area (Å²) in [5.74, 6) is 1.84. The molecule has 0 aliphatic carbocycles. The van der Waals surface area contributed by atoms with E-state index in [-0.39, 0.29) is 0 Å². The van der Waals surface area contributed by atoms with Crippen LogP contribution in [-0.2, 0) is 6.42 Å². The lowest BCUT2D eigenvalue weighted by Crippen LogP contribution is -1.87. The minimum atomic E-state index is 0.856. The molecule has 0 radical (unpaired) electrons. The van der Waals surface area contributed by atoms with E-state index in [1.807, 2.05) is 54.7 Å². The molecule has 0 amide bonds. The first-order chi connectivity index (χ1) is 10.9. The van der Waals surface area contributed by atoms with Crippen LogP contribution in [0, 0.1) is 0 Å². The zero-order valence-electron chi connectivity index (χ0n) is 12.4. The van der Waals surface area contributed by atoms with E-state index in [0.29, 0.717) is 0 Å². The van der Waals surface area contributed by atoms with Crippen molar-refractivity contribution in [2.45, 2.75) is 13.3 Å². The van der Waals surface area contributed by atoms with Crippen LogP contribution in [0.4, 0.5) is 0 Å². The van der Waals surface area contributed by atoms with Crippen molar-refractivity contribution >= 4 is 5.65 Å². The normalized spacial score (nSPS) is 11.1. The molecule has 3 nitrogen and oxygen atoms in total. The first kappa shape index (κ1) is 12.9. The highest BCUT2D eigenvalue weighted by Crippen LogP contribution is 2.33. The maximum atomic E-state index is 5.99. The molecule has 1 aromatic carbocycles. The van der Waals surface area contributed by atoms with Crippen LogP contribution in [0.15, 0.2) is 71.3 Å². The summed E-state index contributed by atoms with van der Waals surface area (Å²) in [5, 5.41) is 0. The van der Waals surface area contributed by atoms with Crippen molar-refractivity contribution in [1.82, 2.24) is 9.38 Å². The molecular weight excluding hydrogens is 272 g/mol. The Morgan fingerprint density at radius 2 is 1.77 bits per heavy atom. The molecule has 4 aromatic rings. The quantitative estimate of drug-likeness (QED) is 0.541. The Bertz CT molecular complexity index is 919. The number of aromatic nitrogens is 2. The SMILES string of the molecule is CCc1ccc(-c2c(-c3ccccc3)nc3ccccn23)o1. The van der Waals surface area contributed by atoms with Gasteiger partial charge in [0.15, 0.2) is 5.76 Å². The van der Waals surface area contributed by atoms with Crippen LogP contribution in [-0.4, -0.2) is 9.38 Å². The molecule has 3 heteroatoms. The highest BCUT2D eigenvalue weighted by molar-refractivity contribution is 5.79. The largest absolute Gasteiger partial charge is 0.459 e. The van der Waals surface area contributed by atoms with E-state index in [4.69, 9.17) is 9.40 Å². The van der Waals surface area contributed by atoms with E-state index in [1.54, 1.807) is 0 Å². The van der Waals surface area contributed by atoms with Gasteiger partial charge in [-0.25, -0.2) is 4.98 Å². The molecule has 0 aliphatic rings. The van der Waals surface area contributed by atoms with Gasteiger partial charge in [0.2, 0.25) is 0 Å². The first-order valence-electron chi connectivity index (χ1n) is 7.48. The van der Waals surface area contributed by atoms with Crippen LogP contribution in [0.1, 0.15) is 12.7 Å². The Morgan fingerprint density at radius 3 is 2.55 bits per heavy atom. The molecule has 3 aromatic heterocycles. The van der Waals surface area contributed by atoms with Crippen molar-refractivity contribution in [1.29, 1.82) is 0 Å². The van der Waals surface area contributed by atoms with Crippen molar-refractivity contribution in [3.63, 3.8) is 0 Å². The van der Waals surface area contributed by atoms with Gasteiger partial charge in [-0.15, -0.1) is 0 Å². The molecule has 0 unspecified atom stereocenters. The smallest absolute Gasteiger partial charge is 0.153 e. The van der Waals surface area contributed by atoms with E-state index in [2.05, 4.69) is 23.5 Å². The molecular formula is C19H16N2O. The Morgan fingerprint density at radius 1 is 0.955 bits per heavy atom. The summed E-state index contributed by atoms with van der Waals surface area (Å²) < 4.78 is 8.07. The third-order valence-electron chi connectivity index (χ3n) is 3.82. The summed E-state index contributed by atoms with van der Waals surface area (Å²) in [6, 6.07) is 20.3. The molecule has 22 heavy (non-hydrogen) atoms. The van der Waals surface area contributed by atoms with Gasteiger partial charge in [-0.1, -0.05) is 43.3 Å². The number of imidazole rings is 1. The predicted octanol–water partition coefficient (Wildman–Crippen LogP) is 4.82. The van der Waals surface area contributed by atoms with Crippen LogP contribution in [0.3, 0.4) is 0 Å². The van der Waals surface area contributed by atoms with Crippen LogP contribution < -0.4 is 0 Å². The lowest BCUT2D eigenvalue weighted by atomic mass is 10.1. The number of furan rings is 1. The van der Waals surface area contributed by atoms with Crippen LogP contribution >= 0.6 is 0 Å². The number of hydrogen-bond donors (Lipinski definition) is 0. The van der Waals surface area contributed by atoms with Gasteiger partial charge in [0.05, 0.1) is 0 Å². The highest BCUT2D eigenvalue weighted by atomic mass is 16.3. The van der Waals surface area contributed by atoms with E-state index in [0.717, 1.165) is 40.5 Å². The second kappa shape index (κ2) is 5.19. The summed E-state index contributed by atoms with van der Waals surface area (Å²) in [7, 11) is 0. The lowest BCUT2D eigenvalue weighted by Gasteiger charge is -2.02. The second-order valence-corrected chi connectivity index (χ2v) is 5.22. The predicted molar refractivity (Wildman–Crippen MR) is 87.7 cm³/mol. The average molecular weight is 288 g/mol. The van der Waals surface area contributed by atoms with Gasteiger partial charge in [0.25, 0.3) is 0 Å². The number of benzene rings is 1. The fourth-order valence-corrected chi connectivity index (χ4v) is 2.72. The van der Waals surface area contributed by atoms with Crippen molar-refractivity contribution in [2.75, 3.05) is 0 Å². The van der Waals surface area contributed by atoms with E-state index >= 15 is 0 Å². The summed E-state index contributed by atoms with van der Waals surface area (Å²) in [6.45, 7) is 2.09. The van der Waals surface area contributed by atoms with E-state index < -0.39 is 0 Å². The Kier molecular flexibility index (Phi) is 3.04. The number of nitrogens with zero attached hydrogens (tertiary/aromatic N) is 2. The van der Waals surface area contributed by atoms with Gasteiger partial charge in [0.1, 0.15) is 22.8 Å².